The van der Waals surface area contributed by atoms with Gasteiger partial charge < -0.3 is 20.3 Å². The highest BCUT2D eigenvalue weighted by Crippen LogP contribution is 2.39. The maximum absolute atomic E-state index is 15.1. The van der Waals surface area contributed by atoms with E-state index in [1.165, 1.54) is 6.20 Å². The molecule has 1 saturated heterocycles. The van der Waals surface area contributed by atoms with Crippen LogP contribution in [0.2, 0.25) is 0 Å². The Kier molecular flexibility index (Phi) is 4.51. The number of aromatic carboxylic acids is 1. The van der Waals surface area contributed by atoms with Crippen molar-refractivity contribution >= 4 is 22.8 Å². The van der Waals surface area contributed by atoms with Crippen LogP contribution in [0.25, 0.3) is 11.0 Å². The number of halogens is 1. The number of hydrogen-bond acceptors (Lipinski definition) is 6. The van der Waals surface area contributed by atoms with Crippen molar-refractivity contribution in [1.82, 2.24) is 14.5 Å². The normalized spacial score (nSPS) is 21.0. The molecule has 1 atom stereocenters. The molecule has 160 valence electrons. The first-order valence-electron chi connectivity index (χ1n) is 10.3. The van der Waals surface area contributed by atoms with Crippen LogP contribution in [0, 0.1) is 5.82 Å². The molecule has 31 heavy (non-hydrogen) atoms. The lowest BCUT2D eigenvalue weighted by molar-refractivity contribution is 0.0695. The van der Waals surface area contributed by atoms with Gasteiger partial charge >= 0.3 is 5.97 Å². The highest BCUT2D eigenvalue weighted by Gasteiger charge is 2.41. The lowest BCUT2D eigenvalue weighted by Gasteiger charge is -2.27. The highest BCUT2D eigenvalue weighted by atomic mass is 19.1. The molecule has 0 aromatic carbocycles. The molecule has 9 heteroatoms. The summed E-state index contributed by atoms with van der Waals surface area (Å²) < 4.78 is 16.8. The molecule has 3 N–H and O–H groups in total. The van der Waals surface area contributed by atoms with Crippen molar-refractivity contribution in [2.45, 2.75) is 30.7 Å². The number of aromatic nitrogens is 3. The Morgan fingerprint density at radius 2 is 2.16 bits per heavy atom. The van der Waals surface area contributed by atoms with E-state index in [0.29, 0.717) is 31.7 Å². The van der Waals surface area contributed by atoms with Crippen LogP contribution in [0.5, 0.6) is 0 Å². The van der Waals surface area contributed by atoms with Gasteiger partial charge in [0, 0.05) is 49.2 Å². The van der Waals surface area contributed by atoms with E-state index >= 15 is 4.39 Å². The van der Waals surface area contributed by atoms with E-state index in [1.54, 1.807) is 10.8 Å². The second-order valence-electron chi connectivity index (χ2n) is 8.35. The molecule has 1 unspecified atom stereocenters. The third-order valence-corrected chi connectivity index (χ3v) is 6.36. The molecule has 4 heterocycles. The lowest BCUT2D eigenvalue weighted by Crippen LogP contribution is -2.39. The van der Waals surface area contributed by atoms with Gasteiger partial charge in [-0.2, -0.15) is 0 Å². The minimum atomic E-state index is -1.33. The van der Waals surface area contributed by atoms with Crippen LogP contribution in [0.4, 0.5) is 10.2 Å². The number of pyridine rings is 3. The van der Waals surface area contributed by atoms with Crippen molar-refractivity contribution in [3.05, 3.63) is 64.0 Å². The largest absolute Gasteiger partial charge is 0.477 e. The molecule has 0 radical (unpaired) electrons. The van der Waals surface area contributed by atoms with Crippen LogP contribution in [0.1, 0.15) is 41.4 Å². The van der Waals surface area contributed by atoms with Gasteiger partial charge in [0.15, 0.2) is 11.6 Å². The third-order valence-electron chi connectivity index (χ3n) is 6.36. The summed E-state index contributed by atoms with van der Waals surface area (Å²) in [6, 6.07) is 6.87. The SMILES string of the molecule is NCC1(c2ccccn2)CCN(c2nc3c(cc2F)c(=O)c(C(=O)O)cn3C2CC2)C1. The van der Waals surface area contributed by atoms with Gasteiger partial charge in [-0.05, 0) is 37.5 Å². The van der Waals surface area contributed by atoms with Gasteiger partial charge in [-0.1, -0.05) is 6.07 Å². The molecule has 1 aliphatic carbocycles. The van der Waals surface area contributed by atoms with Crippen LogP contribution < -0.4 is 16.1 Å². The monoisotopic (exact) mass is 423 g/mol. The summed E-state index contributed by atoms with van der Waals surface area (Å²) in [5, 5.41) is 9.38. The second kappa shape index (κ2) is 7.12. The number of carboxylic acids is 1. The number of carboxylic acid groups (broad SMARTS) is 1. The molecular weight excluding hydrogens is 401 g/mol. The standard InChI is InChI=1S/C22H22FN5O3/c23-16-9-14-18(29)15(21(30)31)10-28(13-4-5-13)19(14)26-20(16)27-8-6-22(11-24,12-27)17-3-1-2-7-25-17/h1-3,7,9-10,13H,4-6,8,11-12,24H2,(H,30,31). The Bertz CT molecular complexity index is 1240. The zero-order valence-corrected chi connectivity index (χ0v) is 16.8. The first kappa shape index (κ1) is 19.6. The van der Waals surface area contributed by atoms with Gasteiger partial charge in [-0.3, -0.25) is 9.78 Å². The van der Waals surface area contributed by atoms with Crippen molar-refractivity contribution in [3.63, 3.8) is 0 Å². The summed E-state index contributed by atoms with van der Waals surface area (Å²) in [5.41, 5.74) is 5.81. The Balaban J connectivity index is 1.61. The van der Waals surface area contributed by atoms with Crippen molar-refractivity contribution in [3.8, 4) is 0 Å². The zero-order valence-electron chi connectivity index (χ0n) is 16.8. The summed E-state index contributed by atoms with van der Waals surface area (Å²) in [6.45, 7) is 1.37. The third kappa shape index (κ3) is 3.16. The molecule has 8 nitrogen and oxygen atoms in total. The lowest BCUT2D eigenvalue weighted by atomic mass is 9.83. The Hall–Kier alpha value is -3.33. The molecule has 2 fully saturated rings. The molecular formula is C22H22FN5O3. The Morgan fingerprint density at radius 3 is 2.81 bits per heavy atom. The smallest absolute Gasteiger partial charge is 0.341 e. The van der Waals surface area contributed by atoms with E-state index in [2.05, 4.69) is 9.97 Å². The predicted octanol–water partition coefficient (Wildman–Crippen LogP) is 2.07. The number of carbonyl (C=O) groups is 1. The summed E-state index contributed by atoms with van der Waals surface area (Å²) in [5.74, 6) is -1.83. The predicted molar refractivity (Wildman–Crippen MR) is 113 cm³/mol. The van der Waals surface area contributed by atoms with Crippen molar-refractivity contribution in [2.75, 3.05) is 24.5 Å². The van der Waals surface area contributed by atoms with E-state index in [9.17, 15) is 14.7 Å². The molecule has 2 aliphatic rings. The summed E-state index contributed by atoms with van der Waals surface area (Å²) in [7, 11) is 0. The van der Waals surface area contributed by atoms with Crippen molar-refractivity contribution in [1.29, 1.82) is 0 Å². The second-order valence-corrected chi connectivity index (χ2v) is 8.35. The first-order valence-corrected chi connectivity index (χ1v) is 10.3. The topological polar surface area (TPSA) is 114 Å². The molecule has 3 aromatic heterocycles. The number of nitrogens with two attached hydrogens (primary N) is 1. The fraction of sp³-hybridized carbons (Fsp3) is 0.364. The molecule has 0 spiro atoms. The fourth-order valence-electron chi connectivity index (χ4n) is 4.45. The summed E-state index contributed by atoms with van der Waals surface area (Å²) in [6.07, 6.45) is 5.49. The van der Waals surface area contributed by atoms with Gasteiger partial charge in [0.2, 0.25) is 5.43 Å². The maximum Gasteiger partial charge on any atom is 0.341 e. The van der Waals surface area contributed by atoms with Crippen LogP contribution in [0.3, 0.4) is 0 Å². The summed E-state index contributed by atoms with van der Waals surface area (Å²) >= 11 is 0. The number of anilines is 1. The number of hydrogen-bond donors (Lipinski definition) is 2. The Morgan fingerprint density at radius 1 is 1.35 bits per heavy atom. The minimum absolute atomic E-state index is 0.0120. The Labute approximate surface area is 177 Å². The van der Waals surface area contributed by atoms with Gasteiger partial charge in [0.05, 0.1) is 5.39 Å². The molecule has 5 rings (SSSR count). The van der Waals surface area contributed by atoms with Crippen molar-refractivity contribution < 1.29 is 14.3 Å². The van der Waals surface area contributed by atoms with Crippen molar-refractivity contribution in [2.24, 2.45) is 5.73 Å². The van der Waals surface area contributed by atoms with E-state index in [-0.39, 0.29) is 22.8 Å². The van der Waals surface area contributed by atoms with E-state index in [4.69, 9.17) is 5.73 Å². The zero-order chi connectivity index (χ0) is 21.8. The number of rotatable bonds is 5. The van der Waals surface area contributed by atoms with Crippen LogP contribution in [-0.2, 0) is 5.41 Å². The van der Waals surface area contributed by atoms with Gasteiger partial charge in [0.1, 0.15) is 11.2 Å². The molecule has 1 aliphatic heterocycles. The molecule has 3 aromatic rings. The van der Waals surface area contributed by atoms with Gasteiger partial charge in [0.25, 0.3) is 0 Å². The van der Waals surface area contributed by atoms with Gasteiger partial charge in [-0.15, -0.1) is 0 Å². The van der Waals surface area contributed by atoms with E-state index < -0.39 is 22.6 Å². The highest BCUT2D eigenvalue weighted by molar-refractivity contribution is 5.92. The average Bonchev–Trinajstić information content (AvgIpc) is 3.52. The van der Waals surface area contributed by atoms with E-state index in [1.807, 2.05) is 23.1 Å². The van der Waals surface area contributed by atoms with Gasteiger partial charge in [-0.25, -0.2) is 14.2 Å². The number of fused-ring (bicyclic) bond motifs is 1. The van der Waals surface area contributed by atoms with Crippen LogP contribution >= 0.6 is 0 Å². The first-order chi connectivity index (χ1) is 14.9. The fourth-order valence-corrected chi connectivity index (χ4v) is 4.45. The molecule has 1 saturated carbocycles. The maximum atomic E-state index is 15.1. The average molecular weight is 423 g/mol. The van der Waals surface area contributed by atoms with Crippen LogP contribution in [0.15, 0.2) is 41.5 Å². The molecule has 0 bridgehead atoms. The van der Waals surface area contributed by atoms with Crippen LogP contribution in [-0.4, -0.2) is 45.2 Å². The van der Waals surface area contributed by atoms with E-state index in [0.717, 1.165) is 24.6 Å². The quantitative estimate of drug-likeness (QED) is 0.646. The minimum Gasteiger partial charge on any atom is -0.477 e. The summed E-state index contributed by atoms with van der Waals surface area (Å²) in [4.78, 5) is 35.0. The molecule has 0 amide bonds. The number of nitrogens with zero attached hydrogens (tertiary/aromatic N) is 4.